The van der Waals surface area contributed by atoms with Crippen LogP contribution in [-0.2, 0) is 0 Å². The second-order valence-electron chi connectivity index (χ2n) is 10.3. The van der Waals surface area contributed by atoms with Crippen molar-refractivity contribution in [1.82, 2.24) is 9.97 Å². The number of aromatic amines is 1. The Kier molecular flexibility index (Phi) is 8.15. The molecule has 2 aromatic heterocycles. The summed E-state index contributed by atoms with van der Waals surface area (Å²) in [6, 6.07) is 17.1. The van der Waals surface area contributed by atoms with Crippen LogP contribution < -0.4 is 21.5 Å². The van der Waals surface area contributed by atoms with Crippen molar-refractivity contribution in [3.8, 4) is 11.1 Å². The Bertz CT molecular complexity index is 1480. The average Bonchev–Trinajstić information content (AvgIpc) is 2.89. The molecule has 4 aromatic rings. The standard InChI is InChI=1S/C31H37N5O2/c1-6-7-15-36(27-18-21-11-10-14-33-29(21)35-30(27)37)31(38)34-28-24(19(2)3)16-22(17-25(28)20(4)5)23-12-8-9-13-26(23)32/h8-14,16-20H,6-7,15,32H2,1-5H3,(H,34,38)(H,33,35,37). The summed E-state index contributed by atoms with van der Waals surface area (Å²) in [5.41, 5.74) is 12.3. The first-order chi connectivity index (χ1) is 18.2. The second-order valence-corrected chi connectivity index (χ2v) is 10.3. The van der Waals surface area contributed by atoms with Crippen molar-refractivity contribution in [1.29, 1.82) is 0 Å². The molecule has 38 heavy (non-hydrogen) atoms. The fraction of sp³-hybridized carbons (Fsp3) is 0.323. The van der Waals surface area contributed by atoms with E-state index in [4.69, 9.17) is 5.73 Å². The number of pyridine rings is 2. The summed E-state index contributed by atoms with van der Waals surface area (Å²) >= 11 is 0. The van der Waals surface area contributed by atoms with Gasteiger partial charge in [-0.15, -0.1) is 0 Å². The number of benzene rings is 2. The van der Waals surface area contributed by atoms with Gasteiger partial charge >= 0.3 is 6.03 Å². The number of nitrogen functional groups attached to an aromatic ring is 1. The molecule has 0 saturated heterocycles. The van der Waals surface area contributed by atoms with Gasteiger partial charge in [0, 0.05) is 35.1 Å². The van der Waals surface area contributed by atoms with Gasteiger partial charge in [0.2, 0.25) is 0 Å². The van der Waals surface area contributed by atoms with Crippen LogP contribution in [0.1, 0.15) is 70.4 Å². The third-order valence-corrected chi connectivity index (χ3v) is 6.81. The Balaban J connectivity index is 1.81. The third kappa shape index (κ3) is 5.57. The van der Waals surface area contributed by atoms with Gasteiger partial charge in [0.15, 0.2) is 0 Å². The van der Waals surface area contributed by atoms with Gasteiger partial charge in [0.05, 0.1) is 0 Å². The summed E-state index contributed by atoms with van der Waals surface area (Å²) in [6.45, 7) is 10.9. The number of rotatable bonds is 8. The minimum atomic E-state index is -0.342. The maximum absolute atomic E-state index is 13.9. The van der Waals surface area contributed by atoms with Gasteiger partial charge < -0.3 is 16.0 Å². The molecule has 0 radical (unpaired) electrons. The van der Waals surface area contributed by atoms with E-state index < -0.39 is 0 Å². The predicted molar refractivity (Wildman–Crippen MR) is 158 cm³/mol. The molecule has 0 atom stereocenters. The van der Waals surface area contributed by atoms with Gasteiger partial charge in [0.1, 0.15) is 11.3 Å². The van der Waals surface area contributed by atoms with Crippen molar-refractivity contribution in [3.05, 3.63) is 82.3 Å². The van der Waals surface area contributed by atoms with Crippen molar-refractivity contribution in [3.63, 3.8) is 0 Å². The fourth-order valence-corrected chi connectivity index (χ4v) is 4.70. The summed E-state index contributed by atoms with van der Waals surface area (Å²) in [5, 5.41) is 3.98. The van der Waals surface area contributed by atoms with Gasteiger partial charge in [-0.2, -0.15) is 0 Å². The smallest absolute Gasteiger partial charge is 0.326 e. The number of urea groups is 1. The molecule has 2 amide bonds. The van der Waals surface area contributed by atoms with Gasteiger partial charge in [0.25, 0.3) is 5.56 Å². The van der Waals surface area contributed by atoms with Crippen LogP contribution in [-0.4, -0.2) is 22.5 Å². The lowest BCUT2D eigenvalue weighted by Gasteiger charge is -2.27. The number of amides is 2. The Morgan fingerprint density at radius 1 is 1.03 bits per heavy atom. The van der Waals surface area contributed by atoms with Crippen LogP contribution in [0.4, 0.5) is 21.9 Å². The van der Waals surface area contributed by atoms with Crippen LogP contribution in [0.25, 0.3) is 22.2 Å². The maximum Gasteiger partial charge on any atom is 0.326 e. The van der Waals surface area contributed by atoms with Crippen LogP contribution in [0.2, 0.25) is 0 Å². The number of H-pyrrole nitrogens is 1. The molecule has 0 fully saturated rings. The molecule has 7 heteroatoms. The molecular weight excluding hydrogens is 474 g/mol. The Labute approximate surface area is 224 Å². The van der Waals surface area contributed by atoms with E-state index in [1.54, 1.807) is 17.2 Å². The molecule has 2 heterocycles. The Morgan fingerprint density at radius 3 is 2.34 bits per heavy atom. The molecule has 0 aliphatic rings. The van der Waals surface area contributed by atoms with Gasteiger partial charge in [-0.3, -0.25) is 9.69 Å². The van der Waals surface area contributed by atoms with Crippen LogP contribution in [0.15, 0.2) is 65.6 Å². The SMILES string of the molecule is CCCCN(C(=O)Nc1c(C(C)C)cc(-c2ccccc2N)cc1C(C)C)c1cc2cccnc2[nH]c1=O. The lowest BCUT2D eigenvalue weighted by molar-refractivity contribution is 0.256. The molecule has 0 aliphatic heterocycles. The number of carbonyl (C=O) groups excluding carboxylic acids is 1. The molecule has 0 bridgehead atoms. The first-order valence-electron chi connectivity index (χ1n) is 13.3. The molecule has 2 aromatic carbocycles. The van der Waals surface area contributed by atoms with Crippen molar-refractivity contribution in [2.24, 2.45) is 0 Å². The largest absolute Gasteiger partial charge is 0.398 e. The van der Waals surface area contributed by atoms with Crippen LogP contribution in [0.5, 0.6) is 0 Å². The molecule has 0 saturated carbocycles. The lowest BCUT2D eigenvalue weighted by Crippen LogP contribution is -2.39. The van der Waals surface area contributed by atoms with E-state index in [1.165, 1.54) is 0 Å². The number of para-hydroxylation sites is 1. The van der Waals surface area contributed by atoms with E-state index in [9.17, 15) is 9.59 Å². The number of nitrogens with two attached hydrogens (primary N) is 1. The highest BCUT2D eigenvalue weighted by Crippen LogP contribution is 2.38. The number of anilines is 3. The molecule has 0 spiro atoms. The number of unbranched alkanes of at least 4 members (excludes halogenated alkanes) is 1. The number of nitrogens with one attached hydrogen (secondary N) is 2. The zero-order valence-corrected chi connectivity index (χ0v) is 22.8. The van der Waals surface area contributed by atoms with Crippen molar-refractivity contribution >= 4 is 34.1 Å². The van der Waals surface area contributed by atoms with Crippen molar-refractivity contribution in [2.45, 2.75) is 59.3 Å². The number of carbonyl (C=O) groups is 1. The second kappa shape index (κ2) is 11.5. The molecule has 4 N–H and O–H groups in total. The highest BCUT2D eigenvalue weighted by atomic mass is 16.2. The summed E-state index contributed by atoms with van der Waals surface area (Å²) < 4.78 is 0. The first-order valence-corrected chi connectivity index (χ1v) is 13.3. The zero-order valence-electron chi connectivity index (χ0n) is 22.8. The fourth-order valence-electron chi connectivity index (χ4n) is 4.70. The van der Waals surface area contributed by atoms with Crippen LogP contribution >= 0.6 is 0 Å². The van der Waals surface area contributed by atoms with E-state index in [1.807, 2.05) is 36.4 Å². The van der Waals surface area contributed by atoms with Gasteiger partial charge in [-0.25, -0.2) is 9.78 Å². The van der Waals surface area contributed by atoms with E-state index >= 15 is 0 Å². The predicted octanol–water partition coefficient (Wildman–Crippen LogP) is 7.26. The van der Waals surface area contributed by atoms with E-state index in [-0.39, 0.29) is 23.4 Å². The minimum absolute atomic E-state index is 0.145. The van der Waals surface area contributed by atoms with Crippen LogP contribution in [0.3, 0.4) is 0 Å². The normalized spacial score (nSPS) is 11.3. The molecule has 0 unspecified atom stereocenters. The monoisotopic (exact) mass is 511 g/mol. The van der Waals surface area contributed by atoms with E-state index in [0.717, 1.165) is 46.2 Å². The topological polar surface area (TPSA) is 104 Å². The third-order valence-electron chi connectivity index (χ3n) is 6.81. The van der Waals surface area contributed by atoms with Gasteiger partial charge in [-0.05, 0) is 71.3 Å². The van der Waals surface area contributed by atoms with E-state index in [0.29, 0.717) is 23.6 Å². The summed E-state index contributed by atoms with van der Waals surface area (Å²) in [5.74, 6) is 0.291. The maximum atomic E-state index is 13.9. The van der Waals surface area contributed by atoms with Gasteiger partial charge in [-0.1, -0.05) is 59.2 Å². The minimum Gasteiger partial charge on any atom is -0.398 e. The van der Waals surface area contributed by atoms with Crippen molar-refractivity contribution < 1.29 is 4.79 Å². The molecule has 4 rings (SSSR count). The number of nitrogens with zero attached hydrogens (tertiary/aromatic N) is 2. The molecule has 7 nitrogen and oxygen atoms in total. The Hall–Kier alpha value is -4.13. The molecule has 198 valence electrons. The number of hydrogen-bond donors (Lipinski definition) is 3. The van der Waals surface area contributed by atoms with Crippen LogP contribution in [0, 0.1) is 0 Å². The number of hydrogen-bond acceptors (Lipinski definition) is 4. The Morgan fingerprint density at radius 2 is 1.71 bits per heavy atom. The summed E-state index contributed by atoms with van der Waals surface area (Å²) in [7, 11) is 0. The van der Waals surface area contributed by atoms with E-state index in [2.05, 4.69) is 62.0 Å². The molecule has 0 aliphatic carbocycles. The zero-order chi connectivity index (χ0) is 27.4. The number of fused-ring (bicyclic) bond motifs is 1. The molecular formula is C31H37N5O2. The number of aromatic nitrogens is 2. The quantitative estimate of drug-likeness (QED) is 0.217. The summed E-state index contributed by atoms with van der Waals surface area (Å²) in [6.07, 6.45) is 3.28. The lowest BCUT2D eigenvalue weighted by atomic mass is 9.88. The highest BCUT2D eigenvalue weighted by Gasteiger charge is 2.24. The first kappa shape index (κ1) is 26.9. The summed E-state index contributed by atoms with van der Waals surface area (Å²) in [4.78, 5) is 35.5. The average molecular weight is 512 g/mol. The van der Waals surface area contributed by atoms with Crippen molar-refractivity contribution in [2.75, 3.05) is 22.5 Å². The highest BCUT2D eigenvalue weighted by molar-refractivity contribution is 6.03.